The van der Waals surface area contributed by atoms with E-state index in [-0.39, 0.29) is 0 Å². The minimum atomic E-state index is 0.652. The minimum Gasteiger partial charge on any atom is -0.381 e. The quantitative estimate of drug-likeness (QED) is 0.547. The van der Waals surface area contributed by atoms with Gasteiger partial charge in [-0.2, -0.15) is 0 Å². The third-order valence-corrected chi connectivity index (χ3v) is 2.73. The van der Waals surface area contributed by atoms with Crippen molar-refractivity contribution in [2.45, 2.75) is 65.8 Å². The van der Waals surface area contributed by atoms with Gasteiger partial charge < -0.3 is 10.1 Å². The van der Waals surface area contributed by atoms with Gasteiger partial charge in [0.2, 0.25) is 0 Å². The summed E-state index contributed by atoms with van der Waals surface area (Å²) in [5.41, 5.74) is 0. The fourth-order valence-electron chi connectivity index (χ4n) is 1.70. The minimum absolute atomic E-state index is 0.652. The van der Waals surface area contributed by atoms with Crippen LogP contribution in [0.25, 0.3) is 0 Å². The Morgan fingerprint density at radius 1 is 0.938 bits per heavy atom. The first-order valence-electron chi connectivity index (χ1n) is 7.01. The highest BCUT2D eigenvalue weighted by atomic mass is 16.5. The zero-order valence-electron chi connectivity index (χ0n) is 11.7. The first-order chi connectivity index (χ1) is 7.70. The van der Waals surface area contributed by atoms with Gasteiger partial charge in [-0.1, -0.05) is 27.7 Å². The summed E-state index contributed by atoms with van der Waals surface area (Å²) in [5.74, 6) is 0.808. The Kier molecular flexibility index (Phi) is 11.3. The lowest BCUT2D eigenvalue weighted by Crippen LogP contribution is -2.31. The maximum absolute atomic E-state index is 5.56. The average molecular weight is 229 g/mol. The second-order valence-electron chi connectivity index (χ2n) is 5.02. The number of nitrogens with one attached hydrogen (secondary N) is 1. The molecule has 0 saturated heterocycles. The molecule has 1 unspecified atom stereocenters. The second-order valence-corrected chi connectivity index (χ2v) is 5.02. The standard InChI is InChI=1S/C14H31NO/c1-5-10-15-14(8-7-13(3)4)9-12-16-11-6-2/h13-15H,5-12H2,1-4H3. The SMILES string of the molecule is CCCNC(CCOCCC)CCC(C)C. The van der Waals surface area contributed by atoms with Crippen molar-refractivity contribution in [3.63, 3.8) is 0 Å². The van der Waals surface area contributed by atoms with E-state index in [9.17, 15) is 0 Å². The van der Waals surface area contributed by atoms with Crippen molar-refractivity contribution in [2.24, 2.45) is 5.92 Å². The predicted molar refractivity (Wildman–Crippen MR) is 71.9 cm³/mol. The van der Waals surface area contributed by atoms with Gasteiger partial charge in [0, 0.05) is 19.3 Å². The van der Waals surface area contributed by atoms with Crippen LogP contribution in [0.2, 0.25) is 0 Å². The highest BCUT2D eigenvalue weighted by molar-refractivity contribution is 4.67. The van der Waals surface area contributed by atoms with Crippen LogP contribution in [0.3, 0.4) is 0 Å². The molecule has 0 aromatic heterocycles. The monoisotopic (exact) mass is 229 g/mol. The summed E-state index contributed by atoms with van der Waals surface area (Å²) in [4.78, 5) is 0. The Balaban J connectivity index is 3.62. The lowest BCUT2D eigenvalue weighted by Gasteiger charge is -2.19. The van der Waals surface area contributed by atoms with E-state index < -0.39 is 0 Å². The van der Waals surface area contributed by atoms with E-state index in [4.69, 9.17) is 4.74 Å². The van der Waals surface area contributed by atoms with Gasteiger partial charge in [-0.3, -0.25) is 0 Å². The van der Waals surface area contributed by atoms with Gasteiger partial charge in [-0.05, 0) is 44.6 Å². The molecule has 0 aliphatic carbocycles. The Morgan fingerprint density at radius 3 is 2.25 bits per heavy atom. The number of ether oxygens (including phenoxy) is 1. The van der Waals surface area contributed by atoms with E-state index >= 15 is 0 Å². The van der Waals surface area contributed by atoms with Gasteiger partial charge in [0.1, 0.15) is 0 Å². The molecule has 0 aliphatic rings. The summed E-state index contributed by atoms with van der Waals surface area (Å²) in [6.07, 6.45) is 6.10. The normalized spacial score (nSPS) is 13.3. The summed E-state index contributed by atoms with van der Waals surface area (Å²) < 4.78 is 5.56. The average Bonchev–Trinajstić information content (AvgIpc) is 2.26. The maximum Gasteiger partial charge on any atom is 0.0480 e. The van der Waals surface area contributed by atoms with Gasteiger partial charge >= 0.3 is 0 Å². The van der Waals surface area contributed by atoms with Crippen LogP contribution in [0, 0.1) is 5.92 Å². The topological polar surface area (TPSA) is 21.3 Å². The van der Waals surface area contributed by atoms with Gasteiger partial charge in [-0.25, -0.2) is 0 Å². The van der Waals surface area contributed by atoms with Crippen molar-refractivity contribution < 1.29 is 4.74 Å². The van der Waals surface area contributed by atoms with Crippen molar-refractivity contribution in [3.05, 3.63) is 0 Å². The fraction of sp³-hybridized carbons (Fsp3) is 1.00. The highest BCUT2D eigenvalue weighted by Crippen LogP contribution is 2.09. The van der Waals surface area contributed by atoms with Crippen molar-refractivity contribution in [1.82, 2.24) is 5.32 Å². The van der Waals surface area contributed by atoms with Crippen molar-refractivity contribution in [2.75, 3.05) is 19.8 Å². The van der Waals surface area contributed by atoms with Crippen LogP contribution in [0.15, 0.2) is 0 Å². The van der Waals surface area contributed by atoms with Crippen molar-refractivity contribution in [3.8, 4) is 0 Å². The Bertz CT molecular complexity index is 137. The molecular formula is C14H31NO. The Morgan fingerprint density at radius 2 is 1.69 bits per heavy atom. The number of hydrogen-bond acceptors (Lipinski definition) is 2. The Hall–Kier alpha value is -0.0800. The first-order valence-corrected chi connectivity index (χ1v) is 7.01. The summed E-state index contributed by atoms with van der Waals surface area (Å²) in [6.45, 7) is 11.9. The predicted octanol–water partition coefficient (Wildman–Crippen LogP) is 3.61. The summed E-state index contributed by atoms with van der Waals surface area (Å²) >= 11 is 0. The smallest absolute Gasteiger partial charge is 0.0480 e. The maximum atomic E-state index is 5.56. The molecule has 98 valence electrons. The summed E-state index contributed by atoms with van der Waals surface area (Å²) in [6, 6.07) is 0.652. The van der Waals surface area contributed by atoms with Crippen LogP contribution in [0.5, 0.6) is 0 Å². The van der Waals surface area contributed by atoms with Gasteiger partial charge in [-0.15, -0.1) is 0 Å². The molecule has 0 rings (SSSR count). The zero-order valence-corrected chi connectivity index (χ0v) is 11.7. The van der Waals surface area contributed by atoms with Crippen LogP contribution < -0.4 is 5.32 Å². The first kappa shape index (κ1) is 15.9. The Labute approximate surface area is 102 Å². The molecule has 0 bridgehead atoms. The van der Waals surface area contributed by atoms with E-state index in [0.717, 1.165) is 38.5 Å². The van der Waals surface area contributed by atoms with E-state index in [1.54, 1.807) is 0 Å². The molecule has 0 radical (unpaired) electrons. The van der Waals surface area contributed by atoms with Gasteiger partial charge in [0.15, 0.2) is 0 Å². The van der Waals surface area contributed by atoms with E-state index in [1.807, 2.05) is 0 Å². The molecule has 0 aromatic carbocycles. The largest absolute Gasteiger partial charge is 0.381 e. The summed E-state index contributed by atoms with van der Waals surface area (Å²) in [7, 11) is 0. The van der Waals surface area contributed by atoms with Crippen LogP contribution >= 0.6 is 0 Å². The summed E-state index contributed by atoms with van der Waals surface area (Å²) in [5, 5.41) is 3.62. The van der Waals surface area contributed by atoms with Gasteiger partial charge in [0.05, 0.1) is 0 Å². The molecule has 1 atom stereocenters. The lowest BCUT2D eigenvalue weighted by atomic mass is 10.0. The highest BCUT2D eigenvalue weighted by Gasteiger charge is 2.08. The zero-order chi connectivity index (χ0) is 12.2. The molecule has 0 spiro atoms. The van der Waals surface area contributed by atoms with Gasteiger partial charge in [0.25, 0.3) is 0 Å². The molecule has 2 nitrogen and oxygen atoms in total. The molecular weight excluding hydrogens is 198 g/mol. The van der Waals surface area contributed by atoms with Crippen LogP contribution in [-0.4, -0.2) is 25.8 Å². The molecule has 16 heavy (non-hydrogen) atoms. The molecule has 1 N–H and O–H groups in total. The van der Waals surface area contributed by atoms with Crippen LogP contribution in [-0.2, 0) is 4.74 Å². The third-order valence-electron chi connectivity index (χ3n) is 2.73. The van der Waals surface area contributed by atoms with E-state index in [0.29, 0.717) is 6.04 Å². The van der Waals surface area contributed by atoms with E-state index in [2.05, 4.69) is 33.0 Å². The van der Waals surface area contributed by atoms with Crippen LogP contribution in [0.4, 0.5) is 0 Å². The molecule has 2 heteroatoms. The second kappa shape index (κ2) is 11.4. The molecule has 0 aliphatic heterocycles. The van der Waals surface area contributed by atoms with Crippen molar-refractivity contribution >= 4 is 0 Å². The third kappa shape index (κ3) is 10.4. The van der Waals surface area contributed by atoms with E-state index in [1.165, 1.54) is 19.3 Å². The number of rotatable bonds is 11. The number of hydrogen-bond donors (Lipinski definition) is 1. The molecule has 0 fully saturated rings. The fourth-order valence-corrected chi connectivity index (χ4v) is 1.70. The molecule has 0 aromatic rings. The lowest BCUT2D eigenvalue weighted by molar-refractivity contribution is 0.123. The van der Waals surface area contributed by atoms with Crippen molar-refractivity contribution in [1.29, 1.82) is 0 Å². The molecule has 0 amide bonds. The molecule has 0 heterocycles. The molecule has 0 saturated carbocycles. The van der Waals surface area contributed by atoms with Crippen LogP contribution in [0.1, 0.15) is 59.8 Å².